The Morgan fingerprint density at radius 3 is 2.06 bits per heavy atom. The molecule has 0 N–H and O–H groups in total. The molecule has 0 spiro atoms. The molecular weight excluding hydrogens is 454 g/mol. The van der Waals surface area contributed by atoms with Crippen molar-refractivity contribution in [3.63, 3.8) is 0 Å². The number of rotatable bonds is 7. The largest absolute Gasteiger partial charge is 0.465 e. The fraction of sp³-hybridized carbons (Fsp3) is 0.333. The molecule has 1 saturated heterocycles. The Balaban J connectivity index is 1.77. The van der Waals surface area contributed by atoms with Crippen LogP contribution in [0.1, 0.15) is 26.3 Å². The molecule has 2 aromatic carbocycles. The predicted molar refractivity (Wildman–Crippen MR) is 116 cm³/mol. The summed E-state index contributed by atoms with van der Waals surface area (Å²) in [6, 6.07) is 9.86. The quantitative estimate of drug-likeness (QED) is 0.331. The van der Waals surface area contributed by atoms with Crippen LogP contribution in [0.2, 0.25) is 0 Å². The third-order valence-corrected chi connectivity index (χ3v) is 7.12. The number of non-ortho nitro benzene ring substituents is 1. The van der Waals surface area contributed by atoms with Gasteiger partial charge in [0, 0.05) is 44.9 Å². The van der Waals surface area contributed by atoms with E-state index in [1.807, 2.05) is 4.90 Å². The van der Waals surface area contributed by atoms with Gasteiger partial charge in [-0.2, -0.15) is 4.31 Å². The van der Waals surface area contributed by atoms with E-state index >= 15 is 0 Å². The molecule has 0 amide bonds. The Labute approximate surface area is 190 Å². The molecule has 33 heavy (non-hydrogen) atoms. The van der Waals surface area contributed by atoms with Crippen molar-refractivity contribution in [3.05, 3.63) is 69.3 Å². The second-order valence-electron chi connectivity index (χ2n) is 7.34. The lowest BCUT2D eigenvalue weighted by molar-refractivity contribution is -0.384. The number of esters is 2. The van der Waals surface area contributed by atoms with Crippen LogP contribution in [-0.2, 0) is 26.0 Å². The zero-order chi connectivity index (χ0) is 24.2. The highest BCUT2D eigenvalue weighted by atomic mass is 32.2. The SMILES string of the molecule is COC(=O)c1cc(C(=O)OC)cc(S(=O)(=O)N2CCN(Cc3cccc([N+](=O)[O-])c3)CC2)c1. The Morgan fingerprint density at radius 2 is 1.55 bits per heavy atom. The van der Waals surface area contributed by atoms with E-state index in [4.69, 9.17) is 0 Å². The molecule has 2 aromatic rings. The number of hydrogen-bond acceptors (Lipinski definition) is 9. The normalized spacial score (nSPS) is 15.1. The van der Waals surface area contributed by atoms with Gasteiger partial charge in [-0.1, -0.05) is 12.1 Å². The lowest BCUT2D eigenvalue weighted by Crippen LogP contribution is -2.48. The van der Waals surface area contributed by atoms with Gasteiger partial charge in [0.15, 0.2) is 0 Å². The topological polar surface area (TPSA) is 136 Å². The summed E-state index contributed by atoms with van der Waals surface area (Å²) in [5, 5.41) is 11.0. The number of nitro groups is 1. The van der Waals surface area contributed by atoms with Gasteiger partial charge in [0.05, 0.1) is 35.2 Å². The minimum atomic E-state index is -4.00. The monoisotopic (exact) mass is 477 g/mol. The molecule has 0 atom stereocenters. The highest BCUT2D eigenvalue weighted by Crippen LogP contribution is 2.23. The molecule has 1 fully saturated rings. The Kier molecular flexibility index (Phi) is 7.41. The molecule has 0 aliphatic carbocycles. The number of nitro benzene ring substituents is 1. The van der Waals surface area contributed by atoms with E-state index < -0.39 is 26.9 Å². The van der Waals surface area contributed by atoms with E-state index in [1.165, 1.54) is 34.6 Å². The van der Waals surface area contributed by atoms with Crippen molar-refractivity contribution in [2.75, 3.05) is 40.4 Å². The summed E-state index contributed by atoms with van der Waals surface area (Å²) in [4.78, 5) is 36.3. The molecular formula is C21H23N3O8S. The van der Waals surface area contributed by atoms with Crippen molar-refractivity contribution < 1.29 is 32.4 Å². The van der Waals surface area contributed by atoms with E-state index in [0.29, 0.717) is 19.6 Å². The number of methoxy groups -OCH3 is 2. The first-order valence-corrected chi connectivity index (χ1v) is 11.4. The number of benzene rings is 2. The van der Waals surface area contributed by atoms with Crippen molar-refractivity contribution in [1.29, 1.82) is 0 Å². The lowest BCUT2D eigenvalue weighted by atomic mass is 10.1. The Hall–Kier alpha value is -3.35. The van der Waals surface area contributed by atoms with Crippen LogP contribution in [0.4, 0.5) is 5.69 Å². The molecule has 0 bridgehead atoms. The Morgan fingerprint density at radius 1 is 0.970 bits per heavy atom. The second-order valence-corrected chi connectivity index (χ2v) is 9.27. The van der Waals surface area contributed by atoms with Crippen LogP contribution >= 0.6 is 0 Å². The summed E-state index contributed by atoms with van der Waals surface area (Å²) in [7, 11) is -1.69. The van der Waals surface area contributed by atoms with Gasteiger partial charge < -0.3 is 9.47 Å². The van der Waals surface area contributed by atoms with Crippen LogP contribution in [0.25, 0.3) is 0 Å². The van der Waals surface area contributed by atoms with E-state index in [9.17, 15) is 28.1 Å². The molecule has 0 unspecified atom stereocenters. The second kappa shape index (κ2) is 10.1. The first-order valence-electron chi connectivity index (χ1n) is 9.93. The molecule has 3 rings (SSSR count). The summed E-state index contributed by atoms with van der Waals surface area (Å²) >= 11 is 0. The number of nitrogens with zero attached hydrogens (tertiary/aromatic N) is 3. The smallest absolute Gasteiger partial charge is 0.337 e. The van der Waals surface area contributed by atoms with E-state index in [2.05, 4.69) is 9.47 Å². The number of ether oxygens (including phenoxy) is 2. The summed E-state index contributed by atoms with van der Waals surface area (Å²) in [5.41, 5.74) is 0.598. The minimum Gasteiger partial charge on any atom is -0.465 e. The zero-order valence-electron chi connectivity index (χ0n) is 18.1. The van der Waals surface area contributed by atoms with E-state index in [-0.39, 0.29) is 34.8 Å². The average molecular weight is 477 g/mol. The maximum absolute atomic E-state index is 13.2. The fourth-order valence-electron chi connectivity index (χ4n) is 3.52. The summed E-state index contributed by atoms with van der Waals surface area (Å²) in [6.45, 7) is 1.60. The van der Waals surface area contributed by atoms with Gasteiger partial charge in [-0.3, -0.25) is 15.0 Å². The van der Waals surface area contributed by atoms with Crippen molar-refractivity contribution in [2.24, 2.45) is 0 Å². The summed E-state index contributed by atoms with van der Waals surface area (Å²) in [5.74, 6) is -1.56. The molecule has 0 saturated carbocycles. The van der Waals surface area contributed by atoms with Gasteiger partial charge in [-0.05, 0) is 23.8 Å². The van der Waals surface area contributed by atoms with E-state index in [1.54, 1.807) is 12.1 Å². The third kappa shape index (κ3) is 5.53. The number of carbonyl (C=O) groups excluding carboxylic acids is 2. The van der Waals surface area contributed by atoms with Gasteiger partial charge in [0.25, 0.3) is 5.69 Å². The molecule has 1 aliphatic heterocycles. The third-order valence-electron chi connectivity index (χ3n) is 5.25. The summed E-state index contributed by atoms with van der Waals surface area (Å²) < 4.78 is 37.1. The van der Waals surface area contributed by atoms with Gasteiger partial charge in [-0.25, -0.2) is 18.0 Å². The average Bonchev–Trinajstić information content (AvgIpc) is 2.83. The molecule has 1 heterocycles. The van der Waals surface area contributed by atoms with E-state index in [0.717, 1.165) is 19.8 Å². The molecule has 176 valence electrons. The number of sulfonamides is 1. The van der Waals surface area contributed by atoms with Crippen LogP contribution in [-0.4, -0.2) is 74.9 Å². The maximum Gasteiger partial charge on any atom is 0.337 e. The number of piperazine rings is 1. The van der Waals surface area contributed by atoms with Gasteiger partial charge in [-0.15, -0.1) is 0 Å². The van der Waals surface area contributed by atoms with Crippen molar-refractivity contribution in [3.8, 4) is 0 Å². The van der Waals surface area contributed by atoms with Crippen LogP contribution in [0.3, 0.4) is 0 Å². The molecule has 0 aromatic heterocycles. The first kappa shape index (κ1) is 24.3. The lowest BCUT2D eigenvalue weighted by Gasteiger charge is -2.34. The van der Waals surface area contributed by atoms with Crippen LogP contribution < -0.4 is 0 Å². The molecule has 0 radical (unpaired) electrons. The highest BCUT2D eigenvalue weighted by Gasteiger charge is 2.30. The van der Waals surface area contributed by atoms with Crippen molar-refractivity contribution >= 4 is 27.6 Å². The van der Waals surface area contributed by atoms with Gasteiger partial charge in [0.2, 0.25) is 10.0 Å². The molecule has 12 heteroatoms. The Bertz CT molecular complexity index is 1140. The van der Waals surface area contributed by atoms with Gasteiger partial charge >= 0.3 is 11.9 Å². The zero-order valence-corrected chi connectivity index (χ0v) is 18.9. The predicted octanol–water partition coefficient (Wildman–Crippen LogP) is 1.67. The standard InChI is InChI=1S/C21H23N3O8S/c1-31-20(25)16-11-17(21(26)32-2)13-19(12-16)33(29,30)23-8-6-22(7-9-23)14-15-4-3-5-18(10-15)24(27)28/h3-5,10-13H,6-9,14H2,1-2H3. The highest BCUT2D eigenvalue weighted by molar-refractivity contribution is 7.89. The van der Waals surface area contributed by atoms with Gasteiger partial charge in [0.1, 0.15) is 0 Å². The van der Waals surface area contributed by atoms with Crippen LogP contribution in [0, 0.1) is 10.1 Å². The number of carbonyl (C=O) groups is 2. The van der Waals surface area contributed by atoms with Crippen molar-refractivity contribution in [2.45, 2.75) is 11.4 Å². The first-order chi connectivity index (χ1) is 15.6. The molecule has 1 aliphatic rings. The minimum absolute atomic E-state index is 0.000566. The summed E-state index contributed by atoms with van der Waals surface area (Å²) in [6.07, 6.45) is 0. The maximum atomic E-state index is 13.2. The van der Waals surface area contributed by atoms with Crippen LogP contribution in [0.15, 0.2) is 47.4 Å². The number of hydrogen-bond donors (Lipinski definition) is 0. The molecule has 11 nitrogen and oxygen atoms in total. The fourth-order valence-corrected chi connectivity index (χ4v) is 5.02. The van der Waals surface area contributed by atoms with Crippen LogP contribution in [0.5, 0.6) is 0 Å². The van der Waals surface area contributed by atoms with Crippen molar-refractivity contribution in [1.82, 2.24) is 9.21 Å².